The normalized spacial score (nSPS) is 16.4. The van der Waals surface area contributed by atoms with E-state index in [4.69, 9.17) is 23.2 Å². The molecule has 1 aliphatic rings. The van der Waals surface area contributed by atoms with E-state index < -0.39 is 35.5 Å². The van der Waals surface area contributed by atoms with E-state index >= 15 is 0 Å². The number of nitrogens with one attached hydrogen (secondary N) is 3. The Morgan fingerprint density at radius 3 is 2.45 bits per heavy atom. The molecule has 0 radical (unpaired) electrons. The minimum atomic E-state index is -1.18. The first-order valence-corrected chi connectivity index (χ1v) is 15.0. The van der Waals surface area contributed by atoms with Crippen molar-refractivity contribution in [1.29, 1.82) is 0 Å². The lowest BCUT2D eigenvalue weighted by molar-refractivity contribution is -0.141. The SMILES string of the molecule is CC(C)C[C@H](CC(=O)c1cc2c(Cl)cc(Cl)cc2[nH]1)C(=O)N[C@@H](C[C@@H]1CCCC1=O)C(=O)C(=O)NCc1ccccc1. The van der Waals surface area contributed by atoms with E-state index in [2.05, 4.69) is 15.6 Å². The summed E-state index contributed by atoms with van der Waals surface area (Å²) in [6, 6.07) is 12.9. The summed E-state index contributed by atoms with van der Waals surface area (Å²) in [5.74, 6) is -3.51. The number of H-pyrrole nitrogens is 1. The standard InChI is InChI=1S/C32H35Cl2N3O5/c1-18(2)11-21(13-29(39)26-16-23-24(34)14-22(33)15-25(23)36-26)31(41)37-27(12-20-9-6-10-28(20)38)30(40)32(42)35-17-19-7-4-3-5-8-19/h3-5,7-8,14-16,18,20-21,27,36H,6,9-13,17H2,1-2H3,(H,35,42)(H,37,41)/t20-,21+,27-/m0/s1. The fourth-order valence-corrected chi connectivity index (χ4v) is 6.01. The molecule has 0 spiro atoms. The number of hydrogen-bond donors (Lipinski definition) is 3. The Kier molecular flexibility index (Phi) is 10.6. The van der Waals surface area contributed by atoms with Crippen LogP contribution in [0.2, 0.25) is 10.0 Å². The van der Waals surface area contributed by atoms with Crippen LogP contribution >= 0.6 is 23.2 Å². The summed E-state index contributed by atoms with van der Waals surface area (Å²) < 4.78 is 0. The van der Waals surface area contributed by atoms with Gasteiger partial charge in [0.2, 0.25) is 11.7 Å². The minimum absolute atomic E-state index is 0.0261. The smallest absolute Gasteiger partial charge is 0.289 e. The molecule has 0 bridgehead atoms. The van der Waals surface area contributed by atoms with Crippen molar-refractivity contribution in [1.82, 2.24) is 15.6 Å². The molecule has 1 fully saturated rings. The largest absolute Gasteiger partial charge is 0.352 e. The molecule has 42 heavy (non-hydrogen) atoms. The van der Waals surface area contributed by atoms with Gasteiger partial charge in [0.1, 0.15) is 5.78 Å². The first-order chi connectivity index (χ1) is 20.0. The van der Waals surface area contributed by atoms with Crippen molar-refractivity contribution in [2.75, 3.05) is 0 Å². The van der Waals surface area contributed by atoms with E-state index in [1.165, 1.54) is 0 Å². The first kappa shape index (κ1) is 31.4. The number of carbonyl (C=O) groups excluding carboxylic acids is 5. The van der Waals surface area contributed by atoms with E-state index in [0.29, 0.717) is 52.3 Å². The van der Waals surface area contributed by atoms with Crippen LogP contribution in [-0.2, 0) is 25.7 Å². The summed E-state index contributed by atoms with van der Waals surface area (Å²) >= 11 is 12.4. The highest BCUT2D eigenvalue weighted by Gasteiger charge is 2.35. The number of halogens is 2. The van der Waals surface area contributed by atoms with Crippen LogP contribution in [0.3, 0.4) is 0 Å². The van der Waals surface area contributed by atoms with Gasteiger partial charge in [0.05, 0.1) is 16.8 Å². The summed E-state index contributed by atoms with van der Waals surface area (Å²) in [5.41, 5.74) is 1.72. The molecule has 2 amide bonds. The summed E-state index contributed by atoms with van der Waals surface area (Å²) in [7, 11) is 0. The second-order valence-corrected chi connectivity index (χ2v) is 12.2. The zero-order valence-corrected chi connectivity index (χ0v) is 25.2. The number of aromatic amines is 1. The van der Waals surface area contributed by atoms with E-state index in [0.717, 1.165) is 5.56 Å². The second-order valence-electron chi connectivity index (χ2n) is 11.4. The number of benzene rings is 2. The molecular formula is C32H35Cl2N3O5. The number of fused-ring (bicyclic) bond motifs is 1. The molecule has 1 aromatic heterocycles. The highest BCUT2D eigenvalue weighted by atomic mass is 35.5. The van der Waals surface area contributed by atoms with Crippen molar-refractivity contribution in [2.45, 2.75) is 65.0 Å². The lowest BCUT2D eigenvalue weighted by Crippen LogP contribution is -2.50. The number of aromatic nitrogens is 1. The zero-order valence-electron chi connectivity index (χ0n) is 23.7. The molecule has 0 unspecified atom stereocenters. The van der Waals surface area contributed by atoms with Gasteiger partial charge >= 0.3 is 0 Å². The lowest BCUT2D eigenvalue weighted by Gasteiger charge is -2.24. The molecule has 4 rings (SSSR count). The van der Waals surface area contributed by atoms with Gasteiger partial charge in [-0.3, -0.25) is 24.0 Å². The van der Waals surface area contributed by atoms with Crippen LogP contribution in [0.4, 0.5) is 0 Å². The van der Waals surface area contributed by atoms with Gasteiger partial charge in [0.25, 0.3) is 5.91 Å². The molecule has 222 valence electrons. The molecule has 3 atom stereocenters. The van der Waals surface area contributed by atoms with Gasteiger partial charge in [-0.25, -0.2) is 0 Å². The molecule has 1 saturated carbocycles. The maximum absolute atomic E-state index is 13.6. The number of rotatable bonds is 13. The van der Waals surface area contributed by atoms with Crippen molar-refractivity contribution in [2.24, 2.45) is 17.8 Å². The third-order valence-corrected chi connectivity index (χ3v) is 8.15. The Labute approximate surface area is 254 Å². The van der Waals surface area contributed by atoms with Gasteiger partial charge < -0.3 is 15.6 Å². The zero-order chi connectivity index (χ0) is 30.4. The minimum Gasteiger partial charge on any atom is -0.352 e. The van der Waals surface area contributed by atoms with Gasteiger partial charge in [-0.05, 0) is 55.4 Å². The number of ketones is 3. The molecule has 2 aromatic carbocycles. The fraction of sp³-hybridized carbons (Fsp3) is 0.406. The first-order valence-electron chi connectivity index (χ1n) is 14.2. The molecule has 3 N–H and O–H groups in total. The van der Waals surface area contributed by atoms with Crippen LogP contribution in [0.5, 0.6) is 0 Å². The number of carbonyl (C=O) groups is 5. The highest BCUT2D eigenvalue weighted by molar-refractivity contribution is 6.39. The molecule has 8 nitrogen and oxygen atoms in total. The van der Waals surface area contributed by atoms with Crippen LogP contribution in [0.15, 0.2) is 48.5 Å². The van der Waals surface area contributed by atoms with E-state index in [1.807, 2.05) is 44.2 Å². The molecule has 0 aliphatic heterocycles. The molecule has 0 saturated heterocycles. The van der Waals surface area contributed by atoms with Crippen molar-refractivity contribution in [3.63, 3.8) is 0 Å². The van der Waals surface area contributed by atoms with Crippen LogP contribution in [-0.4, -0.2) is 40.2 Å². The maximum atomic E-state index is 13.6. The van der Waals surface area contributed by atoms with E-state index in [1.54, 1.807) is 18.2 Å². The molecule has 3 aromatic rings. The third kappa shape index (κ3) is 8.07. The Balaban J connectivity index is 1.50. The van der Waals surface area contributed by atoms with Gasteiger partial charge in [0, 0.05) is 47.1 Å². The van der Waals surface area contributed by atoms with Gasteiger partial charge in [0.15, 0.2) is 5.78 Å². The third-order valence-electron chi connectivity index (χ3n) is 7.62. The van der Waals surface area contributed by atoms with Crippen molar-refractivity contribution in [3.8, 4) is 0 Å². The Morgan fingerprint density at radius 1 is 1.05 bits per heavy atom. The summed E-state index contributed by atoms with van der Waals surface area (Å²) in [6.45, 7) is 4.03. The Bertz CT molecular complexity index is 1480. The van der Waals surface area contributed by atoms with E-state index in [-0.39, 0.29) is 36.9 Å². The van der Waals surface area contributed by atoms with Crippen molar-refractivity contribution in [3.05, 3.63) is 69.8 Å². The molecule has 10 heteroatoms. The van der Waals surface area contributed by atoms with Crippen LogP contribution < -0.4 is 10.6 Å². The van der Waals surface area contributed by atoms with Gasteiger partial charge in [-0.1, -0.05) is 67.4 Å². The Morgan fingerprint density at radius 2 is 1.79 bits per heavy atom. The topological polar surface area (TPSA) is 125 Å². The van der Waals surface area contributed by atoms with Crippen LogP contribution in [0.1, 0.15) is 68.4 Å². The summed E-state index contributed by atoms with van der Waals surface area (Å²) in [4.78, 5) is 68.5. The summed E-state index contributed by atoms with van der Waals surface area (Å²) in [5, 5.41) is 6.84. The predicted octanol–water partition coefficient (Wildman–Crippen LogP) is 5.84. The van der Waals surface area contributed by atoms with Crippen LogP contribution in [0.25, 0.3) is 10.9 Å². The van der Waals surface area contributed by atoms with Crippen LogP contribution in [0, 0.1) is 17.8 Å². The molecular weight excluding hydrogens is 577 g/mol. The Hall–Kier alpha value is -3.49. The number of amides is 2. The summed E-state index contributed by atoms with van der Waals surface area (Å²) in [6.07, 6.45) is 2.04. The quantitative estimate of drug-likeness (QED) is 0.165. The highest BCUT2D eigenvalue weighted by Crippen LogP contribution is 2.30. The number of hydrogen-bond acceptors (Lipinski definition) is 5. The van der Waals surface area contributed by atoms with Crippen molar-refractivity contribution >= 4 is 63.3 Å². The monoisotopic (exact) mass is 611 g/mol. The van der Waals surface area contributed by atoms with Gasteiger partial charge in [-0.2, -0.15) is 0 Å². The maximum Gasteiger partial charge on any atom is 0.289 e. The lowest BCUT2D eigenvalue weighted by atomic mass is 9.89. The average molecular weight is 613 g/mol. The fourth-order valence-electron chi connectivity index (χ4n) is 5.46. The van der Waals surface area contributed by atoms with Gasteiger partial charge in [-0.15, -0.1) is 0 Å². The van der Waals surface area contributed by atoms with Crippen molar-refractivity contribution < 1.29 is 24.0 Å². The average Bonchev–Trinajstić information content (AvgIpc) is 3.57. The predicted molar refractivity (Wildman–Crippen MR) is 162 cm³/mol. The molecule has 1 aliphatic carbocycles. The number of Topliss-reactive ketones (excluding diaryl/α,β-unsaturated/α-hetero) is 3. The van der Waals surface area contributed by atoms with E-state index in [9.17, 15) is 24.0 Å². The second kappa shape index (κ2) is 14.1. The molecule has 1 heterocycles.